The summed E-state index contributed by atoms with van der Waals surface area (Å²) in [6.07, 6.45) is 1.46. The fraction of sp³-hybridized carbons (Fsp3) is 0.273. The lowest BCUT2D eigenvalue weighted by atomic mass is 10.2. The minimum atomic E-state index is -0.120. The van der Waals surface area contributed by atoms with Crippen molar-refractivity contribution in [3.05, 3.63) is 17.7 Å². The van der Waals surface area contributed by atoms with E-state index in [4.69, 9.17) is 25.7 Å². The zero-order chi connectivity index (χ0) is 13.5. The largest absolute Gasteiger partial charge is 0.493 e. The van der Waals surface area contributed by atoms with Crippen LogP contribution in [0.15, 0.2) is 22.3 Å². The second-order valence-electron chi connectivity index (χ2n) is 3.19. The molecule has 19 heavy (non-hydrogen) atoms. The molecule has 0 heterocycles. The van der Waals surface area contributed by atoms with Crippen LogP contribution in [0.3, 0.4) is 0 Å². The molecule has 0 saturated carbocycles. The van der Waals surface area contributed by atoms with E-state index in [1.807, 2.05) is 0 Å². The maximum atomic E-state index is 5.26. The molecule has 0 aromatic heterocycles. The summed E-state index contributed by atoms with van der Waals surface area (Å²) in [7, 11) is 4.59. The summed E-state index contributed by atoms with van der Waals surface area (Å²) in [6.45, 7) is 0. The molecule has 1 aromatic rings. The van der Waals surface area contributed by atoms with Crippen LogP contribution in [0.4, 0.5) is 0 Å². The lowest BCUT2D eigenvalue weighted by Gasteiger charge is -2.13. The van der Waals surface area contributed by atoms with Gasteiger partial charge in [-0.3, -0.25) is 0 Å². The van der Waals surface area contributed by atoms with Crippen molar-refractivity contribution in [1.82, 2.24) is 0 Å². The van der Waals surface area contributed by atoms with E-state index in [0.717, 1.165) is 0 Å². The highest BCUT2D eigenvalue weighted by atomic mass is 35.5. The molecule has 7 nitrogen and oxygen atoms in total. The predicted molar refractivity (Wildman–Crippen MR) is 76.7 cm³/mol. The number of halogens is 1. The van der Waals surface area contributed by atoms with Crippen molar-refractivity contribution in [2.24, 2.45) is 21.7 Å². The van der Waals surface area contributed by atoms with Gasteiger partial charge in [0.1, 0.15) is 0 Å². The molecule has 0 aliphatic carbocycles. The van der Waals surface area contributed by atoms with Crippen LogP contribution in [0.5, 0.6) is 17.2 Å². The Morgan fingerprint density at radius 3 is 2.16 bits per heavy atom. The first-order valence-corrected chi connectivity index (χ1v) is 5.05. The van der Waals surface area contributed by atoms with Crippen LogP contribution in [-0.4, -0.2) is 33.5 Å². The molecule has 0 aliphatic heterocycles. The molecule has 106 valence electrons. The number of rotatable bonds is 5. The molecular weight excluding hydrogens is 272 g/mol. The molecule has 0 unspecified atom stereocenters. The van der Waals surface area contributed by atoms with Crippen LogP contribution in [0.1, 0.15) is 5.56 Å². The summed E-state index contributed by atoms with van der Waals surface area (Å²) in [5.41, 5.74) is 11.0. The summed E-state index contributed by atoms with van der Waals surface area (Å²) in [4.78, 5) is 0. The van der Waals surface area contributed by atoms with Crippen molar-refractivity contribution >= 4 is 24.6 Å². The molecular formula is C11H17ClN4O3. The van der Waals surface area contributed by atoms with E-state index in [-0.39, 0.29) is 18.4 Å². The molecule has 1 rings (SSSR count). The highest BCUT2D eigenvalue weighted by Gasteiger charge is 2.14. The van der Waals surface area contributed by atoms with Crippen molar-refractivity contribution < 1.29 is 14.2 Å². The first-order chi connectivity index (χ1) is 8.63. The molecule has 8 heteroatoms. The van der Waals surface area contributed by atoms with Crippen molar-refractivity contribution in [2.75, 3.05) is 21.3 Å². The summed E-state index contributed by atoms with van der Waals surface area (Å²) in [6, 6.07) is 3.49. The summed E-state index contributed by atoms with van der Waals surface area (Å²) < 4.78 is 15.6. The number of guanidine groups is 1. The molecule has 0 amide bonds. The maximum Gasteiger partial charge on any atom is 0.211 e. The average molecular weight is 289 g/mol. The van der Waals surface area contributed by atoms with Crippen molar-refractivity contribution in [2.45, 2.75) is 0 Å². The molecule has 0 bridgehead atoms. The van der Waals surface area contributed by atoms with Gasteiger partial charge in [-0.25, -0.2) is 0 Å². The molecule has 0 radical (unpaired) electrons. The molecule has 1 aromatic carbocycles. The Hall–Kier alpha value is -2.15. The SMILES string of the molecule is COc1ccc(C=NN=C(N)N)c(OC)c1OC.Cl. The summed E-state index contributed by atoms with van der Waals surface area (Å²) in [5.74, 6) is 1.42. The number of methoxy groups -OCH3 is 3. The van der Waals surface area contributed by atoms with Gasteiger partial charge in [0, 0.05) is 5.56 Å². The topological polar surface area (TPSA) is 104 Å². The van der Waals surface area contributed by atoms with E-state index < -0.39 is 0 Å². The third-order valence-electron chi connectivity index (χ3n) is 2.10. The van der Waals surface area contributed by atoms with Crippen LogP contribution < -0.4 is 25.7 Å². The normalized spacial score (nSPS) is 9.63. The van der Waals surface area contributed by atoms with Crippen LogP contribution in [0, 0.1) is 0 Å². The van der Waals surface area contributed by atoms with E-state index in [9.17, 15) is 0 Å². The quantitative estimate of drug-likeness (QED) is 0.472. The Kier molecular flexibility index (Phi) is 7.13. The van der Waals surface area contributed by atoms with Gasteiger partial charge in [-0.1, -0.05) is 0 Å². The number of nitrogens with two attached hydrogens (primary N) is 2. The van der Waals surface area contributed by atoms with E-state index in [2.05, 4.69) is 10.2 Å². The highest BCUT2D eigenvalue weighted by Crippen LogP contribution is 2.38. The molecule has 4 N–H and O–H groups in total. The Bertz CT molecular complexity index is 473. The fourth-order valence-electron chi connectivity index (χ4n) is 1.38. The lowest BCUT2D eigenvalue weighted by Crippen LogP contribution is -2.21. The van der Waals surface area contributed by atoms with Crippen LogP contribution in [0.25, 0.3) is 0 Å². The second-order valence-corrected chi connectivity index (χ2v) is 3.19. The first kappa shape index (κ1) is 16.9. The molecule has 0 saturated heterocycles. The maximum absolute atomic E-state index is 5.26. The monoisotopic (exact) mass is 288 g/mol. The van der Waals surface area contributed by atoms with Gasteiger partial charge in [0.25, 0.3) is 0 Å². The van der Waals surface area contributed by atoms with Crippen molar-refractivity contribution in [1.29, 1.82) is 0 Å². The molecule has 0 spiro atoms. The van der Waals surface area contributed by atoms with Crippen LogP contribution in [0.2, 0.25) is 0 Å². The smallest absolute Gasteiger partial charge is 0.211 e. The second kappa shape index (κ2) is 8.04. The van der Waals surface area contributed by atoms with Gasteiger partial charge in [0.05, 0.1) is 27.5 Å². The number of hydrogen-bond acceptors (Lipinski definition) is 5. The van der Waals surface area contributed by atoms with Gasteiger partial charge in [-0.05, 0) is 12.1 Å². The minimum absolute atomic E-state index is 0. The molecule has 0 fully saturated rings. The Morgan fingerprint density at radius 1 is 1.05 bits per heavy atom. The van der Waals surface area contributed by atoms with Crippen molar-refractivity contribution in [3.63, 3.8) is 0 Å². The van der Waals surface area contributed by atoms with Gasteiger partial charge in [-0.2, -0.15) is 5.10 Å². The van der Waals surface area contributed by atoms with Gasteiger partial charge in [-0.15, -0.1) is 17.5 Å². The zero-order valence-corrected chi connectivity index (χ0v) is 11.7. The van der Waals surface area contributed by atoms with Crippen molar-refractivity contribution in [3.8, 4) is 17.2 Å². The lowest BCUT2D eigenvalue weighted by molar-refractivity contribution is 0.324. The number of hydrogen-bond donors (Lipinski definition) is 2. The summed E-state index contributed by atoms with van der Waals surface area (Å²) in [5, 5.41) is 7.22. The fourth-order valence-corrected chi connectivity index (χ4v) is 1.38. The number of benzene rings is 1. The molecule has 0 atom stereocenters. The minimum Gasteiger partial charge on any atom is -0.493 e. The standard InChI is InChI=1S/C11H16N4O3.ClH/c1-16-8-5-4-7(6-14-15-11(12)13)9(17-2)10(8)18-3;/h4-6H,1-3H3,(H4,12,13,15);1H. The van der Waals surface area contributed by atoms with Gasteiger partial charge in [0.2, 0.25) is 11.7 Å². The summed E-state index contributed by atoms with van der Waals surface area (Å²) >= 11 is 0. The highest BCUT2D eigenvalue weighted by molar-refractivity contribution is 5.87. The average Bonchev–Trinajstić information content (AvgIpc) is 2.37. The van der Waals surface area contributed by atoms with E-state index in [1.54, 1.807) is 19.2 Å². The molecule has 0 aliphatic rings. The van der Waals surface area contributed by atoms with Crippen LogP contribution >= 0.6 is 12.4 Å². The first-order valence-electron chi connectivity index (χ1n) is 5.05. The van der Waals surface area contributed by atoms with Crippen LogP contribution in [-0.2, 0) is 0 Å². The van der Waals surface area contributed by atoms with E-state index in [0.29, 0.717) is 22.8 Å². The van der Waals surface area contributed by atoms with Gasteiger partial charge >= 0.3 is 0 Å². The predicted octanol–water partition coefficient (Wildman–Crippen LogP) is 0.742. The number of ether oxygens (including phenoxy) is 3. The Balaban J connectivity index is 0.00000324. The van der Waals surface area contributed by atoms with Gasteiger partial charge < -0.3 is 25.7 Å². The Labute approximate surface area is 117 Å². The zero-order valence-electron chi connectivity index (χ0n) is 10.9. The van der Waals surface area contributed by atoms with Gasteiger partial charge in [0.15, 0.2) is 11.5 Å². The third kappa shape index (κ3) is 4.22. The van der Waals surface area contributed by atoms with E-state index >= 15 is 0 Å². The van der Waals surface area contributed by atoms with E-state index in [1.165, 1.54) is 20.4 Å². The number of nitrogens with zero attached hydrogens (tertiary/aromatic N) is 2. The third-order valence-corrected chi connectivity index (χ3v) is 2.10. The Morgan fingerprint density at radius 2 is 1.68 bits per heavy atom.